The van der Waals surface area contributed by atoms with Crippen LogP contribution in [0, 0.1) is 11.3 Å². The van der Waals surface area contributed by atoms with E-state index in [1.807, 2.05) is 39.5 Å². The van der Waals surface area contributed by atoms with Crippen molar-refractivity contribution >= 4 is 56.1 Å². The van der Waals surface area contributed by atoms with Gasteiger partial charge in [-0.2, -0.15) is 13.2 Å². The number of hydrogen-bond acceptors (Lipinski definition) is 9. The van der Waals surface area contributed by atoms with Crippen molar-refractivity contribution in [2.45, 2.75) is 101 Å². The van der Waals surface area contributed by atoms with Gasteiger partial charge < -0.3 is 19.7 Å². The fourth-order valence-corrected chi connectivity index (χ4v) is 7.47. The van der Waals surface area contributed by atoms with E-state index < -0.39 is 52.3 Å². The van der Waals surface area contributed by atoms with E-state index in [0.717, 1.165) is 19.3 Å². The van der Waals surface area contributed by atoms with Gasteiger partial charge in [-0.25, -0.2) is 23.7 Å². The molecule has 1 aliphatic carbocycles. The third kappa shape index (κ3) is 10.5. The van der Waals surface area contributed by atoms with Crippen LogP contribution in [0.1, 0.15) is 83.5 Å². The smallest absolute Gasteiger partial charge is 0.410 e. The Hall–Kier alpha value is -3.79. The number of nitrogens with one attached hydrogen (secondary N) is 2. The van der Waals surface area contributed by atoms with Crippen LogP contribution in [0.2, 0.25) is 10.4 Å². The summed E-state index contributed by atoms with van der Waals surface area (Å²) in [6.07, 6.45) is -1.19. The molecule has 3 aromatic heterocycles. The molecule has 5 rings (SSSR count). The van der Waals surface area contributed by atoms with Crippen LogP contribution < -0.4 is 14.8 Å². The highest BCUT2D eigenvalue weighted by atomic mass is 35.5. The topological polar surface area (TPSA) is 141 Å². The van der Waals surface area contributed by atoms with E-state index >= 15 is 0 Å². The molecule has 19 heteroatoms. The van der Waals surface area contributed by atoms with Crippen molar-refractivity contribution in [2.24, 2.45) is 11.3 Å². The number of anilines is 1. The quantitative estimate of drug-likeness (QED) is 0.106. The molecule has 12 nitrogen and oxygen atoms in total. The van der Waals surface area contributed by atoms with Gasteiger partial charge in [0.1, 0.15) is 16.6 Å². The monoisotopic (exact) mass is 787 g/mol. The molecular weight excluding hydrogens is 745 g/mol. The number of carbonyl (C=O) groups excluding carboxylic acids is 2. The third-order valence-corrected chi connectivity index (χ3v) is 10.5. The fourth-order valence-electron chi connectivity index (χ4n) is 6.47. The van der Waals surface area contributed by atoms with Crippen LogP contribution in [-0.2, 0) is 15.7 Å². The highest BCUT2D eigenvalue weighted by Crippen LogP contribution is 2.63. The minimum atomic E-state index is -4.40. The van der Waals surface area contributed by atoms with Crippen LogP contribution in [0.4, 0.5) is 23.8 Å². The zero-order valence-electron chi connectivity index (χ0n) is 30.8. The summed E-state index contributed by atoms with van der Waals surface area (Å²) in [6, 6.07) is 9.19. The zero-order chi connectivity index (χ0) is 39.7. The molecule has 54 heavy (non-hydrogen) atoms. The molecule has 2 aliphatic rings. The molecule has 1 aliphatic heterocycles. The number of likely N-dealkylation sites (tertiary alicyclic amines) is 1. The lowest BCUT2D eigenvalue weighted by Crippen LogP contribution is -2.45. The Morgan fingerprint density at radius 1 is 1.09 bits per heavy atom. The molecule has 0 bridgehead atoms. The first kappa shape index (κ1) is 41.4. The molecule has 4 radical (unpaired) electrons. The maximum atomic E-state index is 13.4. The maximum Gasteiger partial charge on any atom is 0.410 e. The number of amides is 2. The van der Waals surface area contributed by atoms with Crippen LogP contribution in [0.3, 0.4) is 0 Å². The van der Waals surface area contributed by atoms with E-state index in [0.29, 0.717) is 24.8 Å². The first-order valence-corrected chi connectivity index (χ1v) is 19.0. The molecule has 2 unspecified atom stereocenters. The SMILES string of the molecule is [B]C([B])(COc1ccn(-c2ccc(C(=O)NS(=O)c3cccc(NCCCC4CN(C(=O)OC(C)(C)C)C(C)(C)C4)n3)c(Cl)n2)n1)CC1(C(F)(F)F)CC1. The second-order valence-corrected chi connectivity index (χ2v) is 17.2. The summed E-state index contributed by atoms with van der Waals surface area (Å²) in [7, 11) is 9.84. The predicted octanol–water partition coefficient (Wildman–Crippen LogP) is 6.56. The van der Waals surface area contributed by atoms with Crippen molar-refractivity contribution in [3.8, 4) is 11.7 Å². The van der Waals surface area contributed by atoms with E-state index in [1.54, 1.807) is 12.1 Å². The number of carbonyl (C=O) groups is 2. The van der Waals surface area contributed by atoms with Crippen molar-refractivity contribution in [3.05, 3.63) is 53.3 Å². The van der Waals surface area contributed by atoms with Crippen LogP contribution in [0.5, 0.6) is 5.88 Å². The second-order valence-electron chi connectivity index (χ2n) is 15.7. The maximum absolute atomic E-state index is 13.4. The van der Waals surface area contributed by atoms with Gasteiger partial charge >= 0.3 is 12.3 Å². The molecule has 1 saturated heterocycles. The Bertz CT molecular complexity index is 1870. The lowest BCUT2D eigenvalue weighted by Gasteiger charge is -2.33. The van der Waals surface area contributed by atoms with Gasteiger partial charge in [-0.1, -0.05) is 22.9 Å². The summed E-state index contributed by atoms with van der Waals surface area (Å²) in [5, 5.41) is 5.60. The summed E-state index contributed by atoms with van der Waals surface area (Å²) in [5.41, 5.74) is -2.80. The molecule has 4 heterocycles. The van der Waals surface area contributed by atoms with E-state index in [-0.39, 0.29) is 51.9 Å². The average molecular weight is 788 g/mol. The lowest BCUT2D eigenvalue weighted by atomic mass is 9.51. The normalized spacial score (nSPS) is 18.5. The Kier molecular flexibility index (Phi) is 12.1. The fraction of sp³-hybridized carbons (Fsp3) is 0.571. The van der Waals surface area contributed by atoms with Crippen molar-refractivity contribution < 1.29 is 36.4 Å². The van der Waals surface area contributed by atoms with Crippen molar-refractivity contribution in [1.29, 1.82) is 0 Å². The number of nitrogens with zero attached hydrogens (tertiary/aromatic N) is 5. The second kappa shape index (κ2) is 15.8. The standard InChI is InChI=1S/C35H43B2ClF3N7O5S/c1-31(2,3)53-30(50)47-19-22(18-32(47,4)5)8-7-16-42-24-9-6-10-27(43-24)54(51)46-29(49)23-11-12-25(44-28(23)38)48-17-13-26(45-48)52-21-34(36,37)20-33(14-15-33)35(39,40)41/h6,9-13,17,22H,7-8,14-16,18-21H2,1-5H3,(H,42,43)(H,46,49). The van der Waals surface area contributed by atoms with E-state index in [2.05, 4.69) is 25.1 Å². The van der Waals surface area contributed by atoms with Gasteiger partial charge in [-0.05, 0) is 103 Å². The minimum absolute atomic E-state index is 0.0273. The van der Waals surface area contributed by atoms with Gasteiger partial charge in [0.15, 0.2) is 21.8 Å². The van der Waals surface area contributed by atoms with Gasteiger partial charge in [0, 0.05) is 30.9 Å². The summed E-state index contributed by atoms with van der Waals surface area (Å²) < 4.78 is 67.9. The highest BCUT2D eigenvalue weighted by molar-refractivity contribution is 7.83. The predicted molar refractivity (Wildman–Crippen MR) is 199 cm³/mol. The Morgan fingerprint density at radius 2 is 1.81 bits per heavy atom. The van der Waals surface area contributed by atoms with Crippen LogP contribution in [0.25, 0.3) is 5.82 Å². The number of rotatable bonds is 14. The number of hydrogen-bond donors (Lipinski definition) is 2. The molecule has 0 aromatic carbocycles. The molecule has 1 saturated carbocycles. The summed E-state index contributed by atoms with van der Waals surface area (Å²) in [4.78, 5) is 36.1. The number of ether oxygens (including phenoxy) is 2. The Morgan fingerprint density at radius 3 is 2.46 bits per heavy atom. The molecule has 2 atom stereocenters. The van der Waals surface area contributed by atoms with Crippen LogP contribution in [-0.4, -0.2) is 93.6 Å². The molecule has 0 spiro atoms. The van der Waals surface area contributed by atoms with E-state index in [4.69, 9.17) is 36.8 Å². The summed E-state index contributed by atoms with van der Waals surface area (Å²) >= 11 is 6.32. The van der Waals surface area contributed by atoms with Crippen molar-refractivity contribution in [1.82, 2.24) is 29.4 Å². The van der Waals surface area contributed by atoms with Gasteiger partial charge in [0.25, 0.3) is 5.91 Å². The first-order chi connectivity index (χ1) is 25.1. The number of aromatic nitrogens is 4. The Balaban J connectivity index is 1.09. The number of pyridine rings is 2. The molecule has 2 N–H and O–H groups in total. The van der Waals surface area contributed by atoms with E-state index in [9.17, 15) is 27.0 Å². The molecule has 288 valence electrons. The highest BCUT2D eigenvalue weighted by Gasteiger charge is 2.64. The number of halogens is 4. The zero-order valence-corrected chi connectivity index (χ0v) is 32.4. The minimum Gasteiger partial charge on any atom is -0.478 e. The molecule has 3 aromatic rings. The Labute approximate surface area is 323 Å². The first-order valence-electron chi connectivity index (χ1n) is 17.5. The summed E-state index contributed by atoms with van der Waals surface area (Å²) in [6.45, 7) is 10.5. The summed E-state index contributed by atoms with van der Waals surface area (Å²) in [5.74, 6) is 0.294. The lowest BCUT2D eigenvalue weighted by molar-refractivity contribution is -0.190. The molecule has 2 fully saturated rings. The van der Waals surface area contributed by atoms with Gasteiger partial charge in [-0.3, -0.25) is 9.52 Å². The molecular formula is C35H43B2ClF3N7O5S. The van der Waals surface area contributed by atoms with Gasteiger partial charge in [-0.15, -0.1) is 5.10 Å². The third-order valence-electron chi connectivity index (χ3n) is 9.26. The van der Waals surface area contributed by atoms with Gasteiger partial charge in [0.05, 0.1) is 33.3 Å². The average Bonchev–Trinajstić information content (AvgIpc) is 3.56. The van der Waals surface area contributed by atoms with Crippen molar-refractivity contribution in [3.63, 3.8) is 0 Å². The van der Waals surface area contributed by atoms with Gasteiger partial charge in [0.2, 0.25) is 5.88 Å². The number of alkyl halides is 3. The van der Waals surface area contributed by atoms with Crippen molar-refractivity contribution in [2.75, 3.05) is 25.0 Å². The van der Waals surface area contributed by atoms with Crippen LogP contribution >= 0.6 is 11.6 Å². The molecule has 2 amide bonds. The van der Waals surface area contributed by atoms with E-state index in [1.165, 1.54) is 35.1 Å². The van der Waals surface area contributed by atoms with Crippen LogP contribution in [0.15, 0.2) is 47.6 Å². The largest absolute Gasteiger partial charge is 0.478 e.